The fourth-order valence-electron chi connectivity index (χ4n) is 3.73. The first-order chi connectivity index (χ1) is 13.6. The molecule has 0 N–H and O–H groups in total. The number of hydrogen-bond donors (Lipinski definition) is 0. The SMILES string of the molecule is CN(Cc1ccc(F)cc1)C(=O)CN1CCC[C@H](c2nc3ccccc3s2)C1. The van der Waals surface area contributed by atoms with Gasteiger partial charge in [-0.2, -0.15) is 0 Å². The van der Waals surface area contributed by atoms with Crippen LogP contribution < -0.4 is 0 Å². The molecular formula is C22H24FN3OS. The van der Waals surface area contributed by atoms with E-state index >= 15 is 0 Å². The Kier molecular flexibility index (Phi) is 5.69. The molecule has 146 valence electrons. The molecule has 1 saturated heterocycles. The lowest BCUT2D eigenvalue weighted by atomic mass is 9.98. The van der Waals surface area contributed by atoms with Gasteiger partial charge in [-0.15, -0.1) is 11.3 Å². The van der Waals surface area contributed by atoms with Crippen LogP contribution in [-0.4, -0.2) is 47.4 Å². The summed E-state index contributed by atoms with van der Waals surface area (Å²) in [6.07, 6.45) is 2.20. The Morgan fingerprint density at radius 1 is 1.25 bits per heavy atom. The van der Waals surface area contributed by atoms with Crippen molar-refractivity contribution in [2.45, 2.75) is 25.3 Å². The number of nitrogens with zero attached hydrogens (tertiary/aromatic N) is 3. The second kappa shape index (κ2) is 8.37. The predicted molar refractivity (Wildman–Crippen MR) is 111 cm³/mol. The zero-order chi connectivity index (χ0) is 19.5. The van der Waals surface area contributed by atoms with E-state index in [2.05, 4.69) is 17.0 Å². The molecule has 0 aliphatic carbocycles. The van der Waals surface area contributed by atoms with Gasteiger partial charge in [0.05, 0.1) is 21.8 Å². The number of piperidine rings is 1. The molecular weight excluding hydrogens is 373 g/mol. The topological polar surface area (TPSA) is 36.4 Å². The minimum atomic E-state index is -0.257. The van der Waals surface area contributed by atoms with Crippen LogP contribution in [0.15, 0.2) is 48.5 Å². The highest BCUT2D eigenvalue weighted by molar-refractivity contribution is 7.18. The van der Waals surface area contributed by atoms with Gasteiger partial charge in [0, 0.05) is 26.1 Å². The molecule has 0 spiro atoms. The van der Waals surface area contributed by atoms with Crippen LogP contribution in [0.25, 0.3) is 10.2 Å². The molecule has 3 aromatic rings. The largest absolute Gasteiger partial charge is 0.340 e. The fraction of sp³-hybridized carbons (Fsp3) is 0.364. The summed E-state index contributed by atoms with van der Waals surface area (Å²) in [5.41, 5.74) is 2.00. The molecule has 1 aromatic heterocycles. The van der Waals surface area contributed by atoms with Crippen LogP contribution in [0, 0.1) is 5.82 Å². The van der Waals surface area contributed by atoms with Crippen molar-refractivity contribution < 1.29 is 9.18 Å². The van der Waals surface area contributed by atoms with Crippen molar-refractivity contribution in [3.63, 3.8) is 0 Å². The zero-order valence-corrected chi connectivity index (χ0v) is 16.8. The summed E-state index contributed by atoms with van der Waals surface area (Å²) in [4.78, 5) is 21.4. The average molecular weight is 398 g/mol. The van der Waals surface area contributed by atoms with Gasteiger partial charge in [-0.25, -0.2) is 9.37 Å². The van der Waals surface area contributed by atoms with Crippen molar-refractivity contribution in [1.29, 1.82) is 0 Å². The summed E-state index contributed by atoms with van der Waals surface area (Å²) in [5, 5.41) is 1.18. The van der Waals surface area contributed by atoms with E-state index in [1.807, 2.05) is 12.1 Å². The Balaban J connectivity index is 1.36. The lowest BCUT2D eigenvalue weighted by Gasteiger charge is -2.32. The van der Waals surface area contributed by atoms with E-state index in [-0.39, 0.29) is 11.7 Å². The van der Waals surface area contributed by atoms with Gasteiger partial charge in [0.25, 0.3) is 0 Å². The number of hydrogen-bond acceptors (Lipinski definition) is 4. The second-order valence-corrected chi connectivity index (χ2v) is 8.53. The van der Waals surface area contributed by atoms with E-state index < -0.39 is 0 Å². The van der Waals surface area contributed by atoms with Crippen molar-refractivity contribution in [3.8, 4) is 0 Å². The Bertz CT molecular complexity index is 923. The quantitative estimate of drug-likeness (QED) is 0.645. The highest BCUT2D eigenvalue weighted by Gasteiger charge is 2.26. The smallest absolute Gasteiger partial charge is 0.236 e. The molecule has 6 heteroatoms. The zero-order valence-electron chi connectivity index (χ0n) is 16.0. The van der Waals surface area contributed by atoms with Crippen LogP contribution in [0.4, 0.5) is 4.39 Å². The number of carbonyl (C=O) groups is 1. The Hall–Kier alpha value is -2.31. The molecule has 0 saturated carbocycles. The molecule has 0 radical (unpaired) electrons. The first-order valence-corrected chi connectivity index (χ1v) is 10.5. The molecule has 0 unspecified atom stereocenters. The lowest BCUT2D eigenvalue weighted by Crippen LogP contribution is -2.42. The molecule has 28 heavy (non-hydrogen) atoms. The average Bonchev–Trinajstić information content (AvgIpc) is 3.14. The second-order valence-electron chi connectivity index (χ2n) is 7.47. The van der Waals surface area contributed by atoms with Crippen LogP contribution in [0.2, 0.25) is 0 Å². The van der Waals surface area contributed by atoms with Crippen molar-refractivity contribution in [2.24, 2.45) is 0 Å². The monoisotopic (exact) mass is 397 g/mol. The van der Waals surface area contributed by atoms with Gasteiger partial charge in [-0.3, -0.25) is 9.69 Å². The van der Waals surface area contributed by atoms with Crippen molar-refractivity contribution >= 4 is 27.5 Å². The predicted octanol–water partition coefficient (Wildman–Crippen LogP) is 4.27. The van der Waals surface area contributed by atoms with Crippen molar-refractivity contribution in [3.05, 3.63) is 64.9 Å². The lowest BCUT2D eigenvalue weighted by molar-refractivity contribution is -0.131. The minimum Gasteiger partial charge on any atom is -0.340 e. The number of fused-ring (bicyclic) bond motifs is 1. The summed E-state index contributed by atoms with van der Waals surface area (Å²) in [5.74, 6) is 0.225. The van der Waals surface area contributed by atoms with Crippen LogP contribution in [-0.2, 0) is 11.3 Å². The summed E-state index contributed by atoms with van der Waals surface area (Å²) < 4.78 is 14.3. The standard InChI is InChI=1S/C22H24FN3OS/c1-25(13-16-8-10-18(23)11-9-16)21(27)15-26-12-4-5-17(14-26)22-24-19-6-2-3-7-20(19)28-22/h2-3,6-11,17H,4-5,12-15H2,1H3/t17-/m0/s1. The number of likely N-dealkylation sites (N-methyl/N-ethyl adjacent to an activating group) is 1. The number of thiazole rings is 1. The first kappa shape index (κ1) is 19.0. The van der Waals surface area contributed by atoms with Crippen LogP contribution in [0.1, 0.15) is 29.3 Å². The third-order valence-corrected chi connectivity index (χ3v) is 6.48. The maximum Gasteiger partial charge on any atom is 0.236 e. The van der Waals surface area contributed by atoms with Crippen LogP contribution in [0.3, 0.4) is 0 Å². The third-order valence-electron chi connectivity index (χ3n) is 5.28. The molecule has 2 aromatic carbocycles. The molecule has 0 bridgehead atoms. The number of aromatic nitrogens is 1. The first-order valence-electron chi connectivity index (χ1n) is 9.65. The van der Waals surface area contributed by atoms with Gasteiger partial charge < -0.3 is 4.90 Å². The highest BCUT2D eigenvalue weighted by Crippen LogP contribution is 2.32. The van der Waals surface area contributed by atoms with Gasteiger partial charge in [0.1, 0.15) is 5.82 Å². The van der Waals surface area contributed by atoms with Gasteiger partial charge in [-0.1, -0.05) is 24.3 Å². The molecule has 4 nitrogen and oxygen atoms in total. The molecule has 1 aliphatic heterocycles. The summed E-state index contributed by atoms with van der Waals surface area (Å²) in [6, 6.07) is 14.6. The molecule has 1 amide bonds. The number of amides is 1. The van der Waals surface area contributed by atoms with E-state index in [1.165, 1.54) is 21.8 Å². The number of rotatable bonds is 5. The third kappa shape index (κ3) is 4.39. The fourth-order valence-corrected chi connectivity index (χ4v) is 4.82. The normalized spacial score (nSPS) is 17.7. The maximum atomic E-state index is 13.0. The van der Waals surface area contributed by atoms with E-state index in [4.69, 9.17) is 4.98 Å². The molecule has 4 rings (SSSR count). The van der Waals surface area contributed by atoms with E-state index in [0.717, 1.165) is 37.0 Å². The van der Waals surface area contributed by atoms with Crippen LogP contribution in [0.5, 0.6) is 0 Å². The number of likely N-dealkylation sites (tertiary alicyclic amines) is 1. The number of halogens is 1. The molecule has 1 aliphatic rings. The van der Waals surface area contributed by atoms with Gasteiger partial charge in [-0.05, 0) is 49.2 Å². The summed E-state index contributed by atoms with van der Waals surface area (Å²) in [6.45, 7) is 2.72. The van der Waals surface area contributed by atoms with Crippen LogP contribution >= 0.6 is 11.3 Å². The van der Waals surface area contributed by atoms with Gasteiger partial charge >= 0.3 is 0 Å². The number of benzene rings is 2. The Morgan fingerprint density at radius 3 is 2.82 bits per heavy atom. The molecule has 1 fully saturated rings. The van der Waals surface area contributed by atoms with E-state index in [0.29, 0.717) is 19.0 Å². The maximum absolute atomic E-state index is 13.0. The Labute approximate surface area is 168 Å². The summed E-state index contributed by atoms with van der Waals surface area (Å²) in [7, 11) is 1.81. The summed E-state index contributed by atoms with van der Waals surface area (Å²) >= 11 is 1.77. The highest BCUT2D eigenvalue weighted by atomic mass is 32.1. The minimum absolute atomic E-state index is 0.0919. The van der Waals surface area contributed by atoms with E-state index in [1.54, 1.807) is 35.4 Å². The number of para-hydroxylation sites is 1. The molecule has 1 atom stereocenters. The van der Waals surface area contributed by atoms with Gasteiger partial charge in [0.15, 0.2) is 0 Å². The van der Waals surface area contributed by atoms with Gasteiger partial charge in [0.2, 0.25) is 5.91 Å². The van der Waals surface area contributed by atoms with Crippen molar-refractivity contribution in [1.82, 2.24) is 14.8 Å². The van der Waals surface area contributed by atoms with E-state index in [9.17, 15) is 9.18 Å². The number of carbonyl (C=O) groups excluding carboxylic acids is 1. The van der Waals surface area contributed by atoms with Crippen molar-refractivity contribution in [2.75, 3.05) is 26.7 Å². The molecule has 2 heterocycles. The Morgan fingerprint density at radius 2 is 2.04 bits per heavy atom.